The molecule has 0 heterocycles. The predicted octanol–water partition coefficient (Wildman–Crippen LogP) is 11.8. The first-order chi connectivity index (χ1) is 17.8. The van der Waals surface area contributed by atoms with E-state index in [0.717, 1.165) is 11.1 Å². The van der Waals surface area contributed by atoms with Crippen molar-refractivity contribution in [3.8, 4) is 0 Å². The van der Waals surface area contributed by atoms with Gasteiger partial charge in [-0.2, -0.15) is 0 Å². The molecule has 4 aromatic carbocycles. The Bertz CT molecular complexity index is 1190. The van der Waals surface area contributed by atoms with E-state index in [-0.39, 0.29) is 0 Å². The van der Waals surface area contributed by atoms with Crippen LogP contribution in [-0.2, 0) is 0 Å². The second-order valence-corrected chi connectivity index (χ2v) is 9.76. The van der Waals surface area contributed by atoms with E-state index in [4.69, 9.17) is 23.2 Å². The second kappa shape index (κ2) is 15.9. The van der Waals surface area contributed by atoms with Gasteiger partial charge in [0, 0.05) is 15.6 Å². The van der Waals surface area contributed by atoms with Crippen LogP contribution in [0.5, 0.6) is 0 Å². The van der Waals surface area contributed by atoms with Gasteiger partial charge in [0.05, 0.1) is 0 Å². The van der Waals surface area contributed by atoms with Crippen molar-refractivity contribution in [1.29, 1.82) is 0 Å². The Morgan fingerprint density at radius 1 is 0.514 bits per heavy atom. The van der Waals surface area contributed by atoms with E-state index in [0.29, 0.717) is 16.0 Å². The van der Waals surface area contributed by atoms with E-state index in [9.17, 15) is 0 Å². The summed E-state index contributed by atoms with van der Waals surface area (Å²) in [4.78, 5) is 0. The molecule has 0 saturated carbocycles. The minimum atomic E-state index is 0.552. The quantitative estimate of drug-likeness (QED) is 0.226. The fourth-order valence-electron chi connectivity index (χ4n) is 3.39. The Balaban J connectivity index is 0.000000247. The average Bonchev–Trinajstić information content (AvgIpc) is 2.91. The summed E-state index contributed by atoms with van der Waals surface area (Å²) >= 11 is 12.3. The second-order valence-electron chi connectivity index (χ2n) is 8.94. The zero-order chi connectivity index (χ0) is 27.2. The van der Waals surface area contributed by atoms with Crippen molar-refractivity contribution in [2.45, 2.75) is 47.5 Å². The van der Waals surface area contributed by atoms with Crippen LogP contribution in [0.25, 0.3) is 24.3 Å². The number of aryl methyl sites for hydroxylation is 2. The molecule has 0 atom stereocenters. The van der Waals surface area contributed by atoms with Crippen LogP contribution in [-0.4, -0.2) is 0 Å². The molecule has 2 heteroatoms. The number of benzene rings is 4. The summed E-state index contributed by atoms with van der Waals surface area (Å²) in [5.41, 5.74) is 8.42. The van der Waals surface area contributed by atoms with E-state index < -0.39 is 0 Å². The van der Waals surface area contributed by atoms with Crippen molar-refractivity contribution in [3.63, 3.8) is 0 Å². The van der Waals surface area contributed by atoms with E-state index in [2.05, 4.69) is 113 Å². The van der Waals surface area contributed by atoms with Gasteiger partial charge in [-0.1, -0.05) is 165 Å². The van der Waals surface area contributed by atoms with Crippen molar-refractivity contribution in [2.24, 2.45) is 0 Å². The van der Waals surface area contributed by atoms with Gasteiger partial charge in [0.15, 0.2) is 0 Å². The molecule has 192 valence electrons. The number of rotatable bonds is 5. The highest BCUT2D eigenvalue weighted by Gasteiger charge is 2.01. The van der Waals surface area contributed by atoms with Crippen LogP contribution in [0.2, 0.25) is 10.0 Å². The van der Waals surface area contributed by atoms with Crippen molar-refractivity contribution >= 4 is 47.5 Å². The molecule has 0 amide bonds. The molecule has 0 aliphatic carbocycles. The highest BCUT2D eigenvalue weighted by atomic mass is 35.5. The van der Waals surface area contributed by atoms with Crippen molar-refractivity contribution in [3.05, 3.63) is 140 Å². The molecule has 0 aliphatic rings. The van der Waals surface area contributed by atoms with Crippen molar-refractivity contribution in [1.82, 2.24) is 0 Å². The Kier molecular flexibility index (Phi) is 13.0. The summed E-state index contributed by atoms with van der Waals surface area (Å²) in [6.45, 7) is 12.6. The van der Waals surface area contributed by atoms with Gasteiger partial charge in [0.25, 0.3) is 0 Å². The Hall–Kier alpha value is -3.06. The van der Waals surface area contributed by atoms with Crippen LogP contribution in [0.4, 0.5) is 0 Å². The Morgan fingerprint density at radius 3 is 1.24 bits per heavy atom. The summed E-state index contributed by atoms with van der Waals surface area (Å²) in [5.74, 6) is 0.552. The lowest BCUT2D eigenvalue weighted by molar-refractivity contribution is 0.866. The molecule has 0 fully saturated rings. The fraction of sp³-hybridized carbons (Fsp3) is 0.200. The SMILES string of the molecule is CC.CC(C)c1ccc(/C=C/c2c(Cl)cccc2Cl)cc1.Cc1ccc(/C=C/c2ccc(C)cc2)cc1. The lowest BCUT2D eigenvalue weighted by Crippen LogP contribution is -1.86. The lowest BCUT2D eigenvalue weighted by atomic mass is 10.0. The molecule has 0 nitrogen and oxygen atoms in total. The first kappa shape index (κ1) is 30.2. The minimum absolute atomic E-state index is 0.552. The van der Waals surface area contributed by atoms with Gasteiger partial charge in [-0.05, 0) is 54.2 Å². The number of hydrogen-bond donors (Lipinski definition) is 0. The molecular formula is C35H38Cl2. The molecule has 0 radical (unpaired) electrons. The maximum atomic E-state index is 6.13. The van der Waals surface area contributed by atoms with Crippen LogP contribution in [0.1, 0.15) is 72.6 Å². The van der Waals surface area contributed by atoms with E-state index in [1.165, 1.54) is 27.8 Å². The first-order valence-corrected chi connectivity index (χ1v) is 13.6. The monoisotopic (exact) mass is 528 g/mol. The van der Waals surface area contributed by atoms with Gasteiger partial charge in [-0.15, -0.1) is 0 Å². The Labute approximate surface area is 234 Å². The number of halogens is 2. The summed E-state index contributed by atoms with van der Waals surface area (Å²) in [5, 5.41) is 1.34. The summed E-state index contributed by atoms with van der Waals surface area (Å²) in [7, 11) is 0. The normalized spacial score (nSPS) is 10.7. The third-order valence-electron chi connectivity index (χ3n) is 5.67. The van der Waals surface area contributed by atoms with Gasteiger partial charge in [0.1, 0.15) is 0 Å². The summed E-state index contributed by atoms with van der Waals surface area (Å²) < 4.78 is 0. The van der Waals surface area contributed by atoms with Gasteiger partial charge >= 0.3 is 0 Å². The van der Waals surface area contributed by atoms with Gasteiger partial charge in [-0.3, -0.25) is 0 Å². The third kappa shape index (κ3) is 10.4. The van der Waals surface area contributed by atoms with Crippen molar-refractivity contribution < 1.29 is 0 Å². The van der Waals surface area contributed by atoms with Crippen LogP contribution in [0.15, 0.2) is 91.0 Å². The Morgan fingerprint density at radius 2 is 0.865 bits per heavy atom. The molecule has 0 bridgehead atoms. The molecule has 0 unspecified atom stereocenters. The molecule has 4 aromatic rings. The van der Waals surface area contributed by atoms with Crippen LogP contribution < -0.4 is 0 Å². The van der Waals surface area contributed by atoms with E-state index >= 15 is 0 Å². The molecule has 0 aliphatic heterocycles. The maximum Gasteiger partial charge on any atom is 0.0493 e. The highest BCUT2D eigenvalue weighted by Crippen LogP contribution is 2.26. The van der Waals surface area contributed by atoms with Gasteiger partial charge in [-0.25, -0.2) is 0 Å². The molecule has 0 N–H and O–H groups in total. The van der Waals surface area contributed by atoms with Gasteiger partial charge in [0.2, 0.25) is 0 Å². The molecule has 0 spiro atoms. The van der Waals surface area contributed by atoms with E-state index in [1.54, 1.807) is 0 Å². The molecule has 37 heavy (non-hydrogen) atoms. The summed E-state index contributed by atoms with van der Waals surface area (Å²) in [6, 6.07) is 31.1. The standard InChI is InChI=1S/C17H16Cl2.C16H16.C2H6/c1-12(2)14-9-6-13(7-10-14)8-11-15-16(18)4-3-5-17(15)19;1-13-3-7-15(8-4-13)11-12-16-9-5-14(2)6-10-16;1-2/h3-12H,1-2H3;3-12H,1-2H3;1-2H3/b11-8+;12-11+;. The maximum absolute atomic E-state index is 6.13. The lowest BCUT2D eigenvalue weighted by Gasteiger charge is -2.05. The molecule has 0 aromatic heterocycles. The highest BCUT2D eigenvalue weighted by molar-refractivity contribution is 6.37. The van der Waals surface area contributed by atoms with Crippen LogP contribution in [0, 0.1) is 13.8 Å². The topological polar surface area (TPSA) is 0 Å². The molecular weight excluding hydrogens is 491 g/mol. The molecule has 0 saturated heterocycles. The largest absolute Gasteiger partial charge is 0.0836 e. The smallest absolute Gasteiger partial charge is 0.0493 e. The summed E-state index contributed by atoms with van der Waals surface area (Å²) in [6.07, 6.45) is 8.26. The minimum Gasteiger partial charge on any atom is -0.0836 e. The predicted molar refractivity (Wildman–Crippen MR) is 169 cm³/mol. The first-order valence-electron chi connectivity index (χ1n) is 12.9. The molecule has 4 rings (SSSR count). The number of hydrogen-bond acceptors (Lipinski definition) is 0. The zero-order valence-electron chi connectivity index (χ0n) is 22.8. The zero-order valence-corrected chi connectivity index (χ0v) is 24.3. The van der Waals surface area contributed by atoms with E-state index in [1.807, 2.05) is 44.2 Å². The van der Waals surface area contributed by atoms with Crippen LogP contribution >= 0.6 is 23.2 Å². The third-order valence-corrected chi connectivity index (χ3v) is 6.33. The van der Waals surface area contributed by atoms with Gasteiger partial charge < -0.3 is 0 Å². The fourth-order valence-corrected chi connectivity index (χ4v) is 3.91. The van der Waals surface area contributed by atoms with Crippen LogP contribution in [0.3, 0.4) is 0 Å². The average molecular weight is 530 g/mol. The van der Waals surface area contributed by atoms with Crippen molar-refractivity contribution in [2.75, 3.05) is 0 Å².